The van der Waals surface area contributed by atoms with Crippen LogP contribution >= 0.6 is 0 Å². The van der Waals surface area contributed by atoms with Gasteiger partial charge in [0.15, 0.2) is 0 Å². The van der Waals surface area contributed by atoms with Crippen LogP contribution in [0.25, 0.3) is 0 Å². The van der Waals surface area contributed by atoms with Crippen molar-refractivity contribution in [3.63, 3.8) is 0 Å². The van der Waals surface area contributed by atoms with Crippen LogP contribution in [-0.2, 0) is 9.47 Å². The Morgan fingerprint density at radius 3 is 1.27 bits per heavy atom. The van der Waals surface area contributed by atoms with Gasteiger partial charge in [-0.15, -0.1) is 0 Å². The predicted octanol–water partition coefficient (Wildman–Crippen LogP) is 4.17. The summed E-state index contributed by atoms with van der Waals surface area (Å²) in [6, 6.07) is 0. The molecule has 0 bridgehead atoms. The van der Waals surface area contributed by atoms with Crippen molar-refractivity contribution in [3.8, 4) is 0 Å². The quantitative estimate of drug-likeness (QED) is 0.766. The van der Waals surface area contributed by atoms with Crippen LogP contribution in [0.2, 0.25) is 0 Å². The lowest BCUT2D eigenvalue weighted by atomic mass is 10.2. The molecule has 0 spiro atoms. The van der Waals surface area contributed by atoms with Gasteiger partial charge in [-0.25, -0.2) is 0 Å². The van der Waals surface area contributed by atoms with E-state index in [4.69, 9.17) is 19.7 Å². The van der Waals surface area contributed by atoms with E-state index in [-0.39, 0.29) is 12.2 Å². The monoisotopic (exact) mass is 322 g/mol. The highest BCUT2D eigenvalue weighted by Crippen LogP contribution is 2.07. The van der Waals surface area contributed by atoms with Crippen molar-refractivity contribution in [1.29, 1.82) is 0 Å². The zero-order chi connectivity index (χ0) is 18.0. The third kappa shape index (κ3) is 36.8. The first-order chi connectivity index (χ1) is 10.3. The number of aliphatic hydroxyl groups excluding tert-OH is 2. The van der Waals surface area contributed by atoms with Gasteiger partial charge in [0.05, 0.1) is 31.0 Å². The number of hydrogen-bond acceptors (Lipinski definition) is 4. The normalized spacial score (nSPS) is 23.2. The zero-order valence-electron chi connectivity index (χ0n) is 16.3. The molecular weight excluding hydrogens is 280 g/mol. The van der Waals surface area contributed by atoms with Crippen LogP contribution in [0.3, 0.4) is 0 Å². The molecule has 4 atom stereocenters. The molecule has 0 aromatic heterocycles. The average molecular weight is 323 g/mol. The number of aliphatic hydroxyl groups is 2. The van der Waals surface area contributed by atoms with Gasteiger partial charge in [-0.05, 0) is 47.0 Å². The average Bonchev–Trinajstić information content (AvgIpc) is 3.23. The fraction of sp³-hybridized carbons (Fsp3) is 1.00. The summed E-state index contributed by atoms with van der Waals surface area (Å²) in [5.74, 6) is 0. The molecule has 2 aliphatic heterocycles. The van der Waals surface area contributed by atoms with Gasteiger partial charge in [0, 0.05) is 6.61 Å². The van der Waals surface area contributed by atoms with E-state index in [9.17, 15) is 0 Å². The van der Waals surface area contributed by atoms with Crippen molar-refractivity contribution in [2.75, 3.05) is 13.2 Å². The van der Waals surface area contributed by atoms with Crippen LogP contribution in [-0.4, -0.2) is 47.8 Å². The zero-order valence-corrected chi connectivity index (χ0v) is 16.3. The molecule has 0 amide bonds. The van der Waals surface area contributed by atoms with Crippen molar-refractivity contribution in [1.82, 2.24) is 0 Å². The lowest BCUT2D eigenvalue weighted by Gasteiger charge is -2.20. The third-order valence-corrected chi connectivity index (χ3v) is 2.72. The van der Waals surface area contributed by atoms with Gasteiger partial charge in [0.2, 0.25) is 0 Å². The van der Waals surface area contributed by atoms with E-state index in [1.807, 2.05) is 27.7 Å². The minimum atomic E-state index is -0.116. The summed E-state index contributed by atoms with van der Waals surface area (Å²) in [5.41, 5.74) is 0. The molecule has 0 aromatic carbocycles. The highest BCUT2D eigenvalue weighted by Gasteiger charge is 2.13. The second kappa shape index (κ2) is 20.8. The van der Waals surface area contributed by atoms with Crippen LogP contribution in [0.1, 0.15) is 81.1 Å². The molecule has 0 aliphatic carbocycles. The lowest BCUT2D eigenvalue weighted by Crippen LogP contribution is -2.22. The van der Waals surface area contributed by atoms with Crippen molar-refractivity contribution in [2.24, 2.45) is 0 Å². The smallest absolute Gasteiger partial charge is 0.0781 e. The summed E-state index contributed by atoms with van der Waals surface area (Å²) in [6.07, 6.45) is 5.07. The van der Waals surface area contributed by atoms with Crippen LogP contribution in [0, 0.1) is 0 Å². The molecule has 0 saturated carbocycles. The molecule has 2 aliphatic rings. The molecule has 4 nitrogen and oxygen atoms in total. The minimum absolute atomic E-state index is 0.102. The Hall–Kier alpha value is -0.160. The molecule has 22 heavy (non-hydrogen) atoms. The van der Waals surface area contributed by atoms with E-state index in [0.717, 1.165) is 32.5 Å². The Morgan fingerprint density at radius 2 is 1.27 bits per heavy atom. The van der Waals surface area contributed by atoms with Crippen LogP contribution in [0.5, 0.6) is 0 Å². The number of hydrogen-bond donors (Lipinski definition) is 2. The van der Waals surface area contributed by atoms with Crippen molar-refractivity contribution in [2.45, 2.75) is 105 Å². The molecule has 2 N–H and O–H groups in total. The molecule has 2 rings (SSSR count). The lowest BCUT2D eigenvalue weighted by molar-refractivity contribution is -0.0375. The number of epoxide rings is 1. The first kappa shape index (κ1) is 26.7. The Balaban J connectivity index is -0.000000212. The highest BCUT2D eigenvalue weighted by molar-refractivity contribution is 4.58. The fourth-order valence-corrected chi connectivity index (χ4v) is 0.868. The number of rotatable bonds is 3. The second-order valence-electron chi connectivity index (χ2n) is 5.51. The van der Waals surface area contributed by atoms with Crippen molar-refractivity contribution in [3.05, 3.63) is 0 Å². The van der Waals surface area contributed by atoms with E-state index in [0.29, 0.717) is 12.2 Å². The Labute approximate surface area is 139 Å². The molecular formula is C18H42O4. The first-order valence-corrected chi connectivity index (χ1v) is 8.92. The van der Waals surface area contributed by atoms with Gasteiger partial charge < -0.3 is 19.7 Å². The Kier molecular flexibility index (Phi) is 25.3. The van der Waals surface area contributed by atoms with E-state index in [1.165, 1.54) is 6.42 Å². The highest BCUT2D eigenvalue weighted by atomic mass is 16.6. The van der Waals surface area contributed by atoms with Crippen molar-refractivity contribution >= 4 is 0 Å². The van der Waals surface area contributed by atoms with Gasteiger partial charge in [-0.3, -0.25) is 0 Å². The third-order valence-electron chi connectivity index (χ3n) is 2.72. The van der Waals surface area contributed by atoms with E-state index in [2.05, 4.69) is 20.8 Å². The standard InChI is InChI=1S/C5H12O.C4H8O.C4H10O.C3H6O.C2H6/c1-3-4-5(2)6;1-4-2-3-5-4;1-3-4(2)5;1-3-2-4-3;1-2/h5-6H,3-4H2,1-2H3;4H,2-3H2,1H3;4-5H,3H2,1-2H3;3H,2H2,1H3;1-2H3. The summed E-state index contributed by atoms with van der Waals surface area (Å²) in [7, 11) is 0. The SMILES string of the molecule is CC.CC1CCO1.CC1CO1.CCC(C)O.CCCC(C)O. The molecule has 0 aromatic rings. The summed E-state index contributed by atoms with van der Waals surface area (Å²) in [5, 5.41) is 16.9. The molecule has 138 valence electrons. The fourth-order valence-electron chi connectivity index (χ4n) is 0.868. The molecule has 0 radical (unpaired) electrons. The molecule has 4 unspecified atom stereocenters. The molecule has 4 heteroatoms. The Morgan fingerprint density at radius 1 is 0.955 bits per heavy atom. The van der Waals surface area contributed by atoms with Crippen LogP contribution in [0.4, 0.5) is 0 Å². The van der Waals surface area contributed by atoms with Crippen molar-refractivity contribution < 1.29 is 19.7 Å². The predicted molar refractivity (Wildman–Crippen MR) is 95.4 cm³/mol. The summed E-state index contributed by atoms with van der Waals surface area (Å²) < 4.78 is 9.64. The summed E-state index contributed by atoms with van der Waals surface area (Å²) in [6.45, 7) is 17.7. The first-order valence-electron chi connectivity index (χ1n) is 8.92. The topological polar surface area (TPSA) is 62.2 Å². The van der Waals surface area contributed by atoms with Gasteiger partial charge >= 0.3 is 0 Å². The van der Waals surface area contributed by atoms with Gasteiger partial charge in [0.1, 0.15) is 0 Å². The van der Waals surface area contributed by atoms with Gasteiger partial charge in [0.25, 0.3) is 0 Å². The summed E-state index contributed by atoms with van der Waals surface area (Å²) in [4.78, 5) is 0. The summed E-state index contributed by atoms with van der Waals surface area (Å²) >= 11 is 0. The maximum absolute atomic E-state index is 8.55. The Bertz CT molecular complexity index is 172. The second-order valence-corrected chi connectivity index (χ2v) is 5.51. The minimum Gasteiger partial charge on any atom is -0.393 e. The molecule has 2 fully saturated rings. The van der Waals surface area contributed by atoms with E-state index < -0.39 is 0 Å². The van der Waals surface area contributed by atoms with E-state index in [1.54, 1.807) is 6.92 Å². The van der Waals surface area contributed by atoms with E-state index >= 15 is 0 Å². The van der Waals surface area contributed by atoms with Gasteiger partial charge in [-0.2, -0.15) is 0 Å². The largest absolute Gasteiger partial charge is 0.393 e. The van der Waals surface area contributed by atoms with Crippen LogP contribution < -0.4 is 0 Å². The van der Waals surface area contributed by atoms with Gasteiger partial charge in [-0.1, -0.05) is 34.1 Å². The maximum atomic E-state index is 8.55. The maximum Gasteiger partial charge on any atom is 0.0781 e. The van der Waals surface area contributed by atoms with Crippen LogP contribution in [0.15, 0.2) is 0 Å². The molecule has 2 saturated heterocycles. The molecule has 2 heterocycles. The number of ether oxygens (including phenoxy) is 2.